The zero-order valence-electron chi connectivity index (χ0n) is 9.42. The number of Topliss-reactive ketones (excluding diaryl/α,β-unsaturated/α-hetero) is 1. The van der Waals surface area contributed by atoms with E-state index in [1.165, 1.54) is 5.57 Å². The minimum atomic E-state index is -0.484. The molecule has 0 aromatic carbocycles. The van der Waals surface area contributed by atoms with E-state index in [1.807, 2.05) is 6.92 Å². The molecule has 0 heterocycles. The Morgan fingerprint density at radius 1 is 1.40 bits per heavy atom. The van der Waals surface area contributed by atoms with Gasteiger partial charge < -0.3 is 5.11 Å². The number of ketones is 1. The highest BCUT2D eigenvalue weighted by atomic mass is 16.3. The molecule has 4 atom stereocenters. The molecule has 0 radical (unpaired) electrons. The molecule has 2 fully saturated rings. The van der Waals surface area contributed by atoms with Crippen molar-refractivity contribution in [1.82, 2.24) is 0 Å². The number of carbonyl (C=O) groups is 1. The van der Waals surface area contributed by atoms with E-state index < -0.39 is 5.60 Å². The molecular formula is C13H18O2. The highest BCUT2D eigenvalue weighted by molar-refractivity contribution is 5.99. The number of hydrogen-bond acceptors (Lipinski definition) is 2. The molecule has 0 saturated heterocycles. The van der Waals surface area contributed by atoms with Crippen molar-refractivity contribution in [1.29, 1.82) is 0 Å². The molecule has 0 aliphatic heterocycles. The Bertz CT molecular complexity index is 369. The fourth-order valence-electron chi connectivity index (χ4n) is 4.10. The van der Waals surface area contributed by atoms with Gasteiger partial charge in [0.25, 0.3) is 0 Å². The topological polar surface area (TPSA) is 37.3 Å². The van der Waals surface area contributed by atoms with Crippen LogP contribution in [0.5, 0.6) is 0 Å². The Labute approximate surface area is 90.4 Å². The SMILES string of the molecule is CC1=C2[C@@H](CC1=O)C[C@@]1(O)[C@@H]2CC[C@@H]1C. The quantitative estimate of drug-likeness (QED) is 0.659. The highest BCUT2D eigenvalue weighted by Crippen LogP contribution is 2.59. The van der Waals surface area contributed by atoms with Crippen molar-refractivity contribution in [3.05, 3.63) is 11.1 Å². The van der Waals surface area contributed by atoms with Gasteiger partial charge in [-0.1, -0.05) is 12.5 Å². The summed E-state index contributed by atoms with van der Waals surface area (Å²) in [7, 11) is 0. The van der Waals surface area contributed by atoms with Gasteiger partial charge in [0.05, 0.1) is 5.60 Å². The Hall–Kier alpha value is -0.630. The number of fused-ring (bicyclic) bond motifs is 3. The van der Waals surface area contributed by atoms with Gasteiger partial charge in [0.1, 0.15) is 0 Å². The monoisotopic (exact) mass is 206 g/mol. The van der Waals surface area contributed by atoms with Gasteiger partial charge in [0, 0.05) is 12.3 Å². The molecule has 15 heavy (non-hydrogen) atoms. The van der Waals surface area contributed by atoms with Crippen LogP contribution in [0.3, 0.4) is 0 Å². The van der Waals surface area contributed by atoms with Crippen LogP contribution in [0.2, 0.25) is 0 Å². The third-order valence-corrected chi connectivity index (χ3v) is 5.02. The number of allylic oxidation sites excluding steroid dienone is 1. The Balaban J connectivity index is 2.07. The fraction of sp³-hybridized carbons (Fsp3) is 0.769. The van der Waals surface area contributed by atoms with Gasteiger partial charge in [-0.15, -0.1) is 0 Å². The van der Waals surface area contributed by atoms with E-state index in [-0.39, 0.29) is 0 Å². The summed E-state index contributed by atoms with van der Waals surface area (Å²) in [4.78, 5) is 11.6. The van der Waals surface area contributed by atoms with Crippen molar-refractivity contribution in [2.24, 2.45) is 17.8 Å². The summed E-state index contributed by atoms with van der Waals surface area (Å²) in [5, 5.41) is 10.7. The predicted molar refractivity (Wildman–Crippen MR) is 57.3 cm³/mol. The first-order chi connectivity index (χ1) is 7.04. The molecule has 0 amide bonds. The second-order valence-electron chi connectivity index (χ2n) is 5.63. The van der Waals surface area contributed by atoms with Crippen molar-refractivity contribution < 1.29 is 9.90 Å². The molecule has 1 N–H and O–H groups in total. The smallest absolute Gasteiger partial charge is 0.159 e. The molecule has 0 aromatic heterocycles. The zero-order chi connectivity index (χ0) is 10.8. The molecule has 2 heteroatoms. The Kier molecular flexibility index (Phi) is 1.75. The van der Waals surface area contributed by atoms with E-state index >= 15 is 0 Å². The van der Waals surface area contributed by atoms with Gasteiger partial charge in [-0.05, 0) is 43.6 Å². The molecule has 3 aliphatic carbocycles. The van der Waals surface area contributed by atoms with Gasteiger partial charge in [0.2, 0.25) is 0 Å². The fourth-order valence-corrected chi connectivity index (χ4v) is 4.10. The largest absolute Gasteiger partial charge is 0.389 e. The summed E-state index contributed by atoms with van der Waals surface area (Å²) in [5.41, 5.74) is 1.80. The number of hydrogen-bond donors (Lipinski definition) is 1. The summed E-state index contributed by atoms with van der Waals surface area (Å²) in [6.07, 6.45) is 3.68. The second kappa shape index (κ2) is 2.73. The Morgan fingerprint density at radius 2 is 2.13 bits per heavy atom. The van der Waals surface area contributed by atoms with Crippen LogP contribution in [0.25, 0.3) is 0 Å². The molecule has 2 nitrogen and oxygen atoms in total. The van der Waals surface area contributed by atoms with E-state index in [0.717, 1.165) is 24.8 Å². The summed E-state index contributed by atoms with van der Waals surface area (Å²) in [6, 6.07) is 0. The molecule has 0 bridgehead atoms. The van der Waals surface area contributed by atoms with Crippen LogP contribution in [0.1, 0.15) is 39.5 Å². The van der Waals surface area contributed by atoms with E-state index in [4.69, 9.17) is 0 Å². The molecule has 82 valence electrons. The highest BCUT2D eigenvalue weighted by Gasteiger charge is 2.58. The van der Waals surface area contributed by atoms with Crippen LogP contribution in [0.4, 0.5) is 0 Å². The van der Waals surface area contributed by atoms with Gasteiger partial charge in [-0.25, -0.2) is 0 Å². The maximum atomic E-state index is 11.6. The molecule has 0 unspecified atom stereocenters. The third kappa shape index (κ3) is 1.01. The van der Waals surface area contributed by atoms with Crippen LogP contribution < -0.4 is 0 Å². The van der Waals surface area contributed by atoms with Gasteiger partial charge in [-0.2, -0.15) is 0 Å². The van der Waals surface area contributed by atoms with Crippen LogP contribution in [0, 0.1) is 17.8 Å². The maximum absolute atomic E-state index is 11.6. The minimum absolute atomic E-state index is 0.295. The van der Waals surface area contributed by atoms with Crippen molar-refractivity contribution in [3.8, 4) is 0 Å². The van der Waals surface area contributed by atoms with Crippen molar-refractivity contribution >= 4 is 5.78 Å². The van der Waals surface area contributed by atoms with E-state index in [9.17, 15) is 9.90 Å². The van der Waals surface area contributed by atoms with Crippen molar-refractivity contribution in [2.75, 3.05) is 0 Å². The molecule has 2 saturated carbocycles. The molecule has 0 spiro atoms. The molecule has 3 aliphatic rings. The Morgan fingerprint density at radius 3 is 2.87 bits per heavy atom. The lowest BCUT2D eigenvalue weighted by molar-refractivity contribution is -0.115. The first kappa shape index (κ1) is 9.59. The molecular weight excluding hydrogens is 188 g/mol. The van der Waals surface area contributed by atoms with Crippen LogP contribution >= 0.6 is 0 Å². The summed E-state index contributed by atoms with van der Waals surface area (Å²) < 4.78 is 0. The van der Waals surface area contributed by atoms with E-state index in [2.05, 4.69) is 6.92 Å². The lowest BCUT2D eigenvalue weighted by atomic mass is 9.85. The zero-order valence-corrected chi connectivity index (χ0v) is 9.42. The van der Waals surface area contributed by atoms with Crippen molar-refractivity contribution in [3.63, 3.8) is 0 Å². The summed E-state index contributed by atoms with van der Waals surface area (Å²) in [5.74, 6) is 1.39. The summed E-state index contributed by atoms with van der Waals surface area (Å²) >= 11 is 0. The van der Waals surface area contributed by atoms with E-state index in [1.54, 1.807) is 0 Å². The van der Waals surface area contributed by atoms with Crippen molar-refractivity contribution in [2.45, 2.75) is 45.1 Å². The molecule has 3 rings (SSSR count). The normalized spacial score (nSPS) is 48.7. The van der Waals surface area contributed by atoms with Gasteiger partial charge >= 0.3 is 0 Å². The first-order valence-electron chi connectivity index (χ1n) is 6.00. The third-order valence-electron chi connectivity index (χ3n) is 5.02. The minimum Gasteiger partial charge on any atom is -0.389 e. The lowest BCUT2D eigenvalue weighted by Gasteiger charge is -2.28. The van der Waals surface area contributed by atoms with Gasteiger partial charge in [0.15, 0.2) is 5.78 Å². The van der Waals surface area contributed by atoms with Crippen LogP contribution in [-0.2, 0) is 4.79 Å². The first-order valence-corrected chi connectivity index (χ1v) is 6.00. The van der Waals surface area contributed by atoms with Gasteiger partial charge in [-0.3, -0.25) is 4.79 Å². The van der Waals surface area contributed by atoms with Crippen LogP contribution in [0.15, 0.2) is 11.1 Å². The second-order valence-corrected chi connectivity index (χ2v) is 5.63. The maximum Gasteiger partial charge on any atom is 0.159 e. The average Bonchev–Trinajstić information content (AvgIpc) is 2.69. The lowest BCUT2D eigenvalue weighted by Crippen LogP contribution is -2.35. The number of carbonyl (C=O) groups excluding carboxylic acids is 1. The standard InChI is InChI=1S/C13H18O2/c1-7-3-4-10-12-8(2)11(14)5-9(12)6-13(7,10)15/h7,9-10,15H,3-6H2,1-2H3/t7-,9-,10+,13-/m0/s1. The number of rotatable bonds is 0. The number of aliphatic hydroxyl groups is 1. The predicted octanol–water partition coefficient (Wildman–Crippen LogP) is 2.07. The molecule has 0 aromatic rings. The average molecular weight is 206 g/mol. The van der Waals surface area contributed by atoms with E-state index in [0.29, 0.717) is 30.0 Å². The summed E-state index contributed by atoms with van der Waals surface area (Å²) in [6.45, 7) is 4.10. The van der Waals surface area contributed by atoms with Crippen LogP contribution in [-0.4, -0.2) is 16.5 Å².